The summed E-state index contributed by atoms with van der Waals surface area (Å²) in [5, 5.41) is 0.984. The number of aryl methyl sites for hydroxylation is 1. The molecule has 7 nitrogen and oxygen atoms in total. The zero-order valence-electron chi connectivity index (χ0n) is 20.5. The Hall–Kier alpha value is -3.45. The van der Waals surface area contributed by atoms with Gasteiger partial charge in [-0.2, -0.15) is 0 Å². The molecule has 0 aliphatic carbocycles. The second-order valence-electron chi connectivity index (χ2n) is 9.07. The first-order chi connectivity index (χ1) is 16.4. The van der Waals surface area contributed by atoms with E-state index in [4.69, 9.17) is 15.5 Å². The lowest BCUT2D eigenvalue weighted by molar-refractivity contribution is -0.139. The highest BCUT2D eigenvalue weighted by molar-refractivity contribution is 6.07. The van der Waals surface area contributed by atoms with Gasteiger partial charge in [0.1, 0.15) is 11.3 Å². The number of nitrogens with two attached hydrogens (primary N) is 1. The number of rotatable bonds is 9. The van der Waals surface area contributed by atoms with E-state index in [9.17, 15) is 4.79 Å². The molecule has 178 valence electrons. The zero-order chi connectivity index (χ0) is 24.2. The van der Waals surface area contributed by atoms with Crippen LogP contribution >= 0.6 is 0 Å². The number of carbonyl (C=O) groups excluding carboxylic acids is 1. The van der Waals surface area contributed by atoms with Crippen LogP contribution in [0.5, 0.6) is 0 Å². The maximum absolute atomic E-state index is 11.8. The minimum absolute atomic E-state index is 0.201. The summed E-state index contributed by atoms with van der Waals surface area (Å²) in [4.78, 5) is 23.5. The van der Waals surface area contributed by atoms with E-state index < -0.39 is 0 Å². The third-order valence-corrected chi connectivity index (χ3v) is 6.04. The summed E-state index contributed by atoms with van der Waals surface area (Å²) in [6, 6.07) is 14.6. The Morgan fingerprint density at radius 1 is 1.06 bits per heavy atom. The monoisotopic (exact) mass is 459 g/mol. The number of anilines is 1. The topological polar surface area (TPSA) is 86.3 Å². The molecule has 0 amide bonds. The van der Waals surface area contributed by atoms with E-state index in [0.29, 0.717) is 12.4 Å². The van der Waals surface area contributed by atoms with Crippen LogP contribution in [0.3, 0.4) is 0 Å². The first-order valence-electron chi connectivity index (χ1n) is 11.8. The Morgan fingerprint density at radius 2 is 1.76 bits per heavy atom. The SMILES string of the molecule is CCCCc1nc2c(N)nc3cc(CC(=O)OC)ccc3c2n1Cc1ccc(CN(C)C)cc1. The number of methoxy groups -OCH3 is 1. The lowest BCUT2D eigenvalue weighted by Gasteiger charge is -2.13. The van der Waals surface area contributed by atoms with E-state index in [1.54, 1.807) is 0 Å². The number of benzene rings is 2. The quantitative estimate of drug-likeness (QED) is 0.375. The zero-order valence-corrected chi connectivity index (χ0v) is 20.5. The van der Waals surface area contributed by atoms with Crippen molar-refractivity contribution < 1.29 is 9.53 Å². The highest BCUT2D eigenvalue weighted by Crippen LogP contribution is 2.31. The van der Waals surface area contributed by atoms with Crippen LogP contribution in [-0.4, -0.2) is 46.6 Å². The van der Waals surface area contributed by atoms with Gasteiger partial charge in [-0.15, -0.1) is 0 Å². The lowest BCUT2D eigenvalue weighted by atomic mass is 10.1. The number of aromatic nitrogens is 3. The fraction of sp³-hybridized carbons (Fsp3) is 0.370. The lowest BCUT2D eigenvalue weighted by Crippen LogP contribution is -2.11. The number of ether oxygens (including phenoxy) is 1. The number of nitrogens with zero attached hydrogens (tertiary/aromatic N) is 4. The van der Waals surface area contributed by atoms with Crippen molar-refractivity contribution in [2.24, 2.45) is 0 Å². The van der Waals surface area contributed by atoms with Crippen LogP contribution in [0.2, 0.25) is 0 Å². The third-order valence-electron chi connectivity index (χ3n) is 6.04. The fourth-order valence-electron chi connectivity index (χ4n) is 4.35. The molecular formula is C27H33N5O2. The van der Waals surface area contributed by atoms with E-state index in [-0.39, 0.29) is 12.4 Å². The molecule has 4 aromatic rings. The van der Waals surface area contributed by atoms with Gasteiger partial charge in [0.2, 0.25) is 0 Å². The summed E-state index contributed by atoms with van der Waals surface area (Å²) in [6.07, 6.45) is 3.23. The van der Waals surface area contributed by atoms with Gasteiger partial charge < -0.3 is 19.9 Å². The predicted octanol–water partition coefficient (Wildman–Crippen LogP) is 4.33. The number of esters is 1. The molecular weight excluding hydrogens is 426 g/mol. The van der Waals surface area contributed by atoms with Gasteiger partial charge >= 0.3 is 5.97 Å². The molecule has 4 rings (SSSR count). The van der Waals surface area contributed by atoms with Gasteiger partial charge in [0, 0.05) is 24.9 Å². The molecule has 0 spiro atoms. The van der Waals surface area contributed by atoms with Crippen LogP contribution in [-0.2, 0) is 35.5 Å². The molecule has 0 bridgehead atoms. The van der Waals surface area contributed by atoms with Crippen molar-refractivity contribution in [3.63, 3.8) is 0 Å². The predicted molar refractivity (Wildman–Crippen MR) is 137 cm³/mol. The van der Waals surface area contributed by atoms with E-state index >= 15 is 0 Å². The largest absolute Gasteiger partial charge is 0.469 e. The number of imidazole rings is 1. The molecule has 2 aromatic carbocycles. The molecule has 0 unspecified atom stereocenters. The van der Waals surface area contributed by atoms with Gasteiger partial charge in [-0.3, -0.25) is 4.79 Å². The molecule has 0 saturated heterocycles. The molecule has 7 heteroatoms. The highest BCUT2D eigenvalue weighted by Gasteiger charge is 2.18. The van der Waals surface area contributed by atoms with Gasteiger partial charge in [0.25, 0.3) is 0 Å². The van der Waals surface area contributed by atoms with Crippen LogP contribution in [0.15, 0.2) is 42.5 Å². The van der Waals surface area contributed by atoms with Crippen molar-refractivity contribution in [2.75, 3.05) is 26.9 Å². The number of hydrogen-bond donors (Lipinski definition) is 1. The first-order valence-corrected chi connectivity index (χ1v) is 11.8. The summed E-state index contributed by atoms with van der Waals surface area (Å²) < 4.78 is 7.10. The van der Waals surface area contributed by atoms with E-state index in [1.807, 2.05) is 18.2 Å². The van der Waals surface area contributed by atoms with Crippen molar-refractivity contribution in [1.82, 2.24) is 19.4 Å². The Bertz CT molecular complexity index is 1310. The third kappa shape index (κ3) is 5.04. The molecule has 0 aliphatic rings. The Balaban J connectivity index is 1.81. The van der Waals surface area contributed by atoms with E-state index in [0.717, 1.165) is 59.1 Å². The van der Waals surface area contributed by atoms with Crippen molar-refractivity contribution >= 4 is 33.7 Å². The van der Waals surface area contributed by atoms with Crippen molar-refractivity contribution in [3.05, 3.63) is 65.0 Å². The molecule has 2 N–H and O–H groups in total. The van der Waals surface area contributed by atoms with Crippen LogP contribution in [0.1, 0.15) is 42.3 Å². The van der Waals surface area contributed by atoms with Gasteiger partial charge in [-0.1, -0.05) is 49.7 Å². The smallest absolute Gasteiger partial charge is 0.309 e. The minimum Gasteiger partial charge on any atom is -0.469 e. The molecule has 2 heterocycles. The molecule has 0 saturated carbocycles. The Morgan fingerprint density at radius 3 is 2.44 bits per heavy atom. The molecule has 0 fully saturated rings. The van der Waals surface area contributed by atoms with E-state index in [1.165, 1.54) is 18.2 Å². The Kier molecular flexibility index (Phi) is 7.12. The van der Waals surface area contributed by atoms with Crippen molar-refractivity contribution in [2.45, 2.75) is 45.7 Å². The second-order valence-corrected chi connectivity index (χ2v) is 9.07. The number of carbonyl (C=O) groups is 1. The summed E-state index contributed by atoms with van der Waals surface area (Å²) in [5.41, 5.74) is 12.2. The maximum Gasteiger partial charge on any atom is 0.309 e. The molecule has 34 heavy (non-hydrogen) atoms. The number of pyridine rings is 1. The Labute approximate surface area is 200 Å². The molecule has 2 aromatic heterocycles. The number of nitrogen functional groups attached to an aromatic ring is 1. The highest BCUT2D eigenvalue weighted by atomic mass is 16.5. The van der Waals surface area contributed by atoms with Crippen molar-refractivity contribution in [3.8, 4) is 0 Å². The van der Waals surface area contributed by atoms with E-state index in [2.05, 4.69) is 59.7 Å². The van der Waals surface area contributed by atoms with Crippen LogP contribution in [0.25, 0.3) is 21.9 Å². The summed E-state index contributed by atoms with van der Waals surface area (Å²) >= 11 is 0. The van der Waals surface area contributed by atoms with Crippen molar-refractivity contribution in [1.29, 1.82) is 0 Å². The summed E-state index contributed by atoms with van der Waals surface area (Å²) in [5.74, 6) is 1.16. The van der Waals surface area contributed by atoms with Gasteiger partial charge in [0.15, 0.2) is 5.82 Å². The molecule has 0 atom stereocenters. The number of fused-ring (bicyclic) bond motifs is 3. The van der Waals surface area contributed by atoms with Gasteiger partial charge in [0.05, 0.1) is 24.6 Å². The standard InChI is InChI=1S/C27H33N5O2/c1-5-6-7-23-30-25-26(32(23)17-19-10-8-18(9-11-19)16-31(2)3)21-13-12-20(15-24(33)34-4)14-22(21)29-27(25)28/h8-14H,5-7,15-17H2,1-4H3,(H2,28,29). The first kappa shape index (κ1) is 23.7. The van der Waals surface area contributed by atoms with Gasteiger partial charge in [-0.05, 0) is 43.3 Å². The average Bonchev–Trinajstić information content (AvgIpc) is 3.17. The number of unbranched alkanes of at least 4 members (excludes halogenated alkanes) is 1. The summed E-state index contributed by atoms with van der Waals surface area (Å²) in [6.45, 7) is 3.81. The molecule has 0 aliphatic heterocycles. The fourth-order valence-corrected chi connectivity index (χ4v) is 4.35. The van der Waals surface area contributed by atoms with Crippen LogP contribution < -0.4 is 5.73 Å². The average molecular weight is 460 g/mol. The normalized spacial score (nSPS) is 11.6. The number of hydrogen-bond acceptors (Lipinski definition) is 6. The summed E-state index contributed by atoms with van der Waals surface area (Å²) in [7, 11) is 5.55. The van der Waals surface area contributed by atoms with Crippen LogP contribution in [0, 0.1) is 0 Å². The minimum atomic E-state index is -0.280. The van der Waals surface area contributed by atoms with Gasteiger partial charge in [-0.25, -0.2) is 9.97 Å². The molecule has 0 radical (unpaired) electrons. The second kappa shape index (κ2) is 10.2. The van der Waals surface area contributed by atoms with Crippen LogP contribution in [0.4, 0.5) is 5.82 Å². The maximum atomic E-state index is 11.8.